The average Bonchev–Trinajstić information content (AvgIpc) is 2.96. The highest BCUT2D eigenvalue weighted by Crippen LogP contribution is 2.48. The highest BCUT2D eigenvalue weighted by Gasteiger charge is 2.40. The van der Waals surface area contributed by atoms with E-state index in [1.54, 1.807) is 0 Å². The lowest BCUT2D eigenvalue weighted by Crippen LogP contribution is -2.09. The van der Waals surface area contributed by atoms with Crippen LogP contribution in [0.25, 0.3) is 0 Å². The Labute approximate surface area is 112 Å². The smallest absolute Gasteiger partial charge is 0.0133 e. The molecule has 18 heavy (non-hydrogen) atoms. The molecular weight excluding hydrogens is 216 g/mol. The number of rotatable bonds is 7. The van der Waals surface area contributed by atoms with E-state index in [9.17, 15) is 0 Å². The minimum atomic E-state index is 0.736. The van der Waals surface area contributed by atoms with Crippen molar-refractivity contribution in [1.29, 1.82) is 0 Å². The van der Waals surface area contributed by atoms with E-state index in [-0.39, 0.29) is 0 Å². The van der Waals surface area contributed by atoms with Crippen LogP contribution in [0.15, 0.2) is 49.6 Å². The van der Waals surface area contributed by atoms with Crippen LogP contribution < -0.4 is 0 Å². The molecule has 0 aromatic rings. The fourth-order valence-electron chi connectivity index (χ4n) is 3.56. The molecule has 0 bridgehead atoms. The Morgan fingerprint density at radius 2 is 1.94 bits per heavy atom. The lowest BCUT2D eigenvalue weighted by Gasteiger charge is -2.15. The maximum absolute atomic E-state index is 4.01. The molecule has 0 aliphatic heterocycles. The van der Waals surface area contributed by atoms with Gasteiger partial charge < -0.3 is 0 Å². The maximum Gasteiger partial charge on any atom is -0.0133 e. The van der Waals surface area contributed by atoms with Crippen molar-refractivity contribution in [2.75, 3.05) is 0 Å². The molecule has 98 valence electrons. The quantitative estimate of drug-likeness (QED) is 0.419. The lowest BCUT2D eigenvalue weighted by atomic mass is 9.89. The summed E-state index contributed by atoms with van der Waals surface area (Å²) in [4.78, 5) is 0. The standard InChI is InChI=1S/C18H26/c1-3-5-6-7-8-9-11-16-14-15(4-2)17-12-10-13-18(16)17/h3-4,9-11,13,15-18H,1-2,5-8,12,14H2/b11-9+. The van der Waals surface area contributed by atoms with Gasteiger partial charge in [0.05, 0.1) is 0 Å². The molecule has 4 unspecified atom stereocenters. The summed E-state index contributed by atoms with van der Waals surface area (Å²) in [5.41, 5.74) is 0. The Bertz CT molecular complexity index is 334. The predicted molar refractivity (Wildman–Crippen MR) is 80.3 cm³/mol. The molecule has 0 heteroatoms. The second-order valence-electron chi connectivity index (χ2n) is 5.71. The molecule has 2 aliphatic carbocycles. The van der Waals surface area contributed by atoms with E-state index in [1.807, 2.05) is 6.08 Å². The summed E-state index contributed by atoms with van der Waals surface area (Å²) in [5.74, 6) is 3.13. The summed E-state index contributed by atoms with van der Waals surface area (Å²) in [6.45, 7) is 7.77. The van der Waals surface area contributed by atoms with E-state index < -0.39 is 0 Å². The summed E-state index contributed by atoms with van der Waals surface area (Å²) < 4.78 is 0. The van der Waals surface area contributed by atoms with Gasteiger partial charge in [0, 0.05) is 0 Å². The first-order valence-electron chi connectivity index (χ1n) is 7.43. The third kappa shape index (κ3) is 3.04. The minimum Gasteiger partial charge on any atom is -0.103 e. The molecule has 0 aromatic carbocycles. The van der Waals surface area contributed by atoms with Crippen LogP contribution in [0, 0.1) is 23.7 Å². The van der Waals surface area contributed by atoms with Gasteiger partial charge in [-0.15, -0.1) is 13.2 Å². The van der Waals surface area contributed by atoms with E-state index in [0.717, 1.165) is 30.1 Å². The van der Waals surface area contributed by atoms with Crippen molar-refractivity contribution in [1.82, 2.24) is 0 Å². The van der Waals surface area contributed by atoms with Crippen molar-refractivity contribution in [3.8, 4) is 0 Å². The van der Waals surface area contributed by atoms with Crippen molar-refractivity contribution in [2.24, 2.45) is 23.7 Å². The van der Waals surface area contributed by atoms with Gasteiger partial charge in [-0.2, -0.15) is 0 Å². The number of hydrogen-bond acceptors (Lipinski definition) is 0. The second-order valence-corrected chi connectivity index (χ2v) is 5.71. The van der Waals surface area contributed by atoms with Gasteiger partial charge in [0.1, 0.15) is 0 Å². The Kier molecular flexibility index (Phi) is 5.04. The first kappa shape index (κ1) is 13.4. The number of fused-ring (bicyclic) bond motifs is 1. The molecule has 0 saturated heterocycles. The van der Waals surface area contributed by atoms with Gasteiger partial charge in [-0.25, -0.2) is 0 Å². The Hall–Kier alpha value is -1.04. The first-order chi connectivity index (χ1) is 8.86. The molecular formula is C18H26. The van der Waals surface area contributed by atoms with Crippen LogP contribution in [-0.4, -0.2) is 0 Å². The van der Waals surface area contributed by atoms with Gasteiger partial charge in [0.25, 0.3) is 0 Å². The largest absolute Gasteiger partial charge is 0.103 e. The summed E-state index contributed by atoms with van der Waals surface area (Å²) in [5, 5.41) is 0. The van der Waals surface area contributed by atoms with Crippen molar-refractivity contribution in [3.05, 3.63) is 49.6 Å². The van der Waals surface area contributed by atoms with Gasteiger partial charge >= 0.3 is 0 Å². The molecule has 0 radical (unpaired) electrons. The molecule has 0 nitrogen and oxygen atoms in total. The van der Waals surface area contributed by atoms with Crippen LogP contribution in [0.5, 0.6) is 0 Å². The third-order valence-electron chi connectivity index (χ3n) is 4.56. The monoisotopic (exact) mass is 242 g/mol. The van der Waals surface area contributed by atoms with Crippen molar-refractivity contribution < 1.29 is 0 Å². The van der Waals surface area contributed by atoms with Gasteiger partial charge in [0.2, 0.25) is 0 Å². The highest BCUT2D eigenvalue weighted by atomic mass is 14.4. The van der Waals surface area contributed by atoms with Crippen LogP contribution >= 0.6 is 0 Å². The van der Waals surface area contributed by atoms with Gasteiger partial charge in [-0.05, 0) is 62.2 Å². The zero-order chi connectivity index (χ0) is 12.8. The van der Waals surface area contributed by atoms with Gasteiger partial charge in [0.15, 0.2) is 0 Å². The molecule has 0 spiro atoms. The molecule has 0 N–H and O–H groups in total. The maximum atomic E-state index is 4.01. The topological polar surface area (TPSA) is 0 Å². The normalized spacial score (nSPS) is 34.0. The zero-order valence-corrected chi connectivity index (χ0v) is 11.4. The molecule has 0 aromatic heterocycles. The minimum absolute atomic E-state index is 0.736. The zero-order valence-electron chi connectivity index (χ0n) is 11.4. The van der Waals surface area contributed by atoms with Crippen LogP contribution in [0.3, 0.4) is 0 Å². The number of hydrogen-bond donors (Lipinski definition) is 0. The lowest BCUT2D eigenvalue weighted by molar-refractivity contribution is 0.414. The Balaban J connectivity index is 1.78. The van der Waals surface area contributed by atoms with E-state index in [0.29, 0.717) is 0 Å². The van der Waals surface area contributed by atoms with Crippen LogP contribution in [-0.2, 0) is 0 Å². The van der Waals surface area contributed by atoms with Crippen molar-refractivity contribution in [2.45, 2.75) is 38.5 Å². The summed E-state index contributed by atoms with van der Waals surface area (Å²) in [6, 6.07) is 0. The van der Waals surface area contributed by atoms with E-state index in [4.69, 9.17) is 0 Å². The van der Waals surface area contributed by atoms with E-state index in [2.05, 4.69) is 43.5 Å². The van der Waals surface area contributed by atoms with E-state index in [1.165, 1.54) is 32.1 Å². The molecule has 2 rings (SSSR count). The Morgan fingerprint density at radius 3 is 2.72 bits per heavy atom. The fraction of sp³-hybridized carbons (Fsp3) is 0.556. The van der Waals surface area contributed by atoms with Gasteiger partial charge in [-0.1, -0.05) is 36.5 Å². The molecule has 2 aliphatic rings. The summed E-state index contributed by atoms with van der Waals surface area (Å²) in [6.07, 6.45) is 21.4. The molecule has 1 saturated carbocycles. The first-order valence-corrected chi connectivity index (χ1v) is 7.43. The van der Waals surface area contributed by atoms with Crippen LogP contribution in [0.4, 0.5) is 0 Å². The van der Waals surface area contributed by atoms with Crippen LogP contribution in [0.1, 0.15) is 38.5 Å². The third-order valence-corrected chi connectivity index (χ3v) is 4.56. The predicted octanol–water partition coefficient (Wildman–Crippen LogP) is 5.30. The van der Waals surface area contributed by atoms with Gasteiger partial charge in [-0.3, -0.25) is 0 Å². The summed E-state index contributed by atoms with van der Waals surface area (Å²) in [7, 11) is 0. The summed E-state index contributed by atoms with van der Waals surface area (Å²) >= 11 is 0. The van der Waals surface area contributed by atoms with Crippen molar-refractivity contribution >= 4 is 0 Å². The second kappa shape index (κ2) is 6.78. The average molecular weight is 242 g/mol. The molecule has 1 fully saturated rings. The van der Waals surface area contributed by atoms with Crippen LogP contribution in [0.2, 0.25) is 0 Å². The number of allylic oxidation sites excluding steroid dienone is 6. The molecule has 4 atom stereocenters. The number of unbranched alkanes of at least 4 members (excludes halogenated alkanes) is 3. The van der Waals surface area contributed by atoms with E-state index >= 15 is 0 Å². The SMILES string of the molecule is C=CCCCC/C=C/C1CC(C=C)C2CC=CC12. The molecule has 0 amide bonds. The highest BCUT2D eigenvalue weighted by molar-refractivity contribution is 5.15. The Morgan fingerprint density at radius 1 is 1.11 bits per heavy atom. The fourth-order valence-corrected chi connectivity index (χ4v) is 3.56. The van der Waals surface area contributed by atoms with Crippen molar-refractivity contribution in [3.63, 3.8) is 0 Å². The molecule has 0 heterocycles.